The van der Waals surface area contributed by atoms with Gasteiger partial charge in [-0.3, -0.25) is 4.79 Å². The molecule has 2 aromatic carbocycles. The number of nitrogens with one attached hydrogen (secondary N) is 1. The molecule has 1 heterocycles. The number of pyridine rings is 1. The van der Waals surface area contributed by atoms with Crippen LogP contribution in [0.15, 0.2) is 59.4 Å². The molecular formula is C16H13NO. The molecule has 1 aromatic heterocycles. The smallest absolute Gasteiger partial charge is 0.256 e. The Balaban J connectivity index is 2.32. The number of fused-ring (bicyclic) bond motifs is 1. The molecule has 3 aromatic rings. The molecule has 88 valence electrons. The second kappa shape index (κ2) is 4.15. The van der Waals surface area contributed by atoms with E-state index < -0.39 is 0 Å². The summed E-state index contributed by atoms with van der Waals surface area (Å²) < 4.78 is 0. The van der Waals surface area contributed by atoms with Crippen molar-refractivity contribution in [1.29, 1.82) is 0 Å². The van der Waals surface area contributed by atoms with E-state index in [0.717, 1.165) is 27.6 Å². The Labute approximate surface area is 105 Å². The van der Waals surface area contributed by atoms with E-state index in [0.29, 0.717) is 0 Å². The third kappa shape index (κ3) is 1.72. The normalized spacial score (nSPS) is 10.7. The molecule has 18 heavy (non-hydrogen) atoms. The highest BCUT2D eigenvalue weighted by Crippen LogP contribution is 2.22. The molecule has 0 aliphatic heterocycles. The molecule has 0 fully saturated rings. The van der Waals surface area contributed by atoms with E-state index >= 15 is 0 Å². The van der Waals surface area contributed by atoms with Gasteiger partial charge >= 0.3 is 0 Å². The van der Waals surface area contributed by atoms with E-state index in [1.54, 1.807) is 0 Å². The van der Waals surface area contributed by atoms with Crippen LogP contribution < -0.4 is 5.56 Å². The van der Waals surface area contributed by atoms with Crippen molar-refractivity contribution in [3.63, 3.8) is 0 Å². The lowest BCUT2D eigenvalue weighted by molar-refractivity contribution is 1.26. The van der Waals surface area contributed by atoms with Crippen LogP contribution in [0.4, 0.5) is 0 Å². The quantitative estimate of drug-likeness (QED) is 0.688. The maximum Gasteiger partial charge on any atom is 0.256 e. The summed E-state index contributed by atoms with van der Waals surface area (Å²) in [7, 11) is 0. The average Bonchev–Trinajstić information content (AvgIpc) is 2.39. The number of benzene rings is 2. The van der Waals surface area contributed by atoms with E-state index in [1.807, 2.05) is 61.5 Å². The highest BCUT2D eigenvalue weighted by molar-refractivity contribution is 5.85. The lowest BCUT2D eigenvalue weighted by Crippen LogP contribution is -2.07. The van der Waals surface area contributed by atoms with Crippen molar-refractivity contribution < 1.29 is 0 Å². The van der Waals surface area contributed by atoms with Gasteiger partial charge < -0.3 is 4.98 Å². The lowest BCUT2D eigenvalue weighted by atomic mass is 10.0. The Bertz CT molecular complexity index is 771. The number of aromatic amines is 1. The van der Waals surface area contributed by atoms with Gasteiger partial charge in [-0.05, 0) is 30.0 Å². The van der Waals surface area contributed by atoms with Gasteiger partial charge in [0.2, 0.25) is 0 Å². The molecule has 0 aliphatic carbocycles. The number of aromatic nitrogens is 1. The lowest BCUT2D eigenvalue weighted by Gasteiger charge is -2.06. The molecule has 0 atom stereocenters. The molecular weight excluding hydrogens is 222 g/mol. The summed E-state index contributed by atoms with van der Waals surface area (Å²) in [5, 5.41) is 1.70. The predicted molar refractivity (Wildman–Crippen MR) is 74.7 cm³/mol. The van der Waals surface area contributed by atoms with E-state index in [2.05, 4.69) is 4.98 Å². The van der Waals surface area contributed by atoms with E-state index in [9.17, 15) is 4.79 Å². The van der Waals surface area contributed by atoms with Crippen LogP contribution in [-0.4, -0.2) is 4.98 Å². The van der Waals surface area contributed by atoms with Crippen LogP contribution in [0.5, 0.6) is 0 Å². The van der Waals surface area contributed by atoms with Gasteiger partial charge in [0.25, 0.3) is 5.56 Å². The standard InChI is InChI=1S/C16H13NO/c1-11-6-2-4-8-13(11)15-10-12-7-3-5-9-14(12)16(18)17-15/h2-10H,1H3,(H,17,18). The van der Waals surface area contributed by atoms with Crippen LogP contribution in [0, 0.1) is 6.92 Å². The summed E-state index contributed by atoms with van der Waals surface area (Å²) in [5.41, 5.74) is 3.06. The largest absolute Gasteiger partial charge is 0.321 e. The minimum absolute atomic E-state index is 0.0358. The monoisotopic (exact) mass is 235 g/mol. The first-order valence-electron chi connectivity index (χ1n) is 5.94. The summed E-state index contributed by atoms with van der Waals surface area (Å²) in [6.45, 7) is 2.04. The second-order valence-electron chi connectivity index (χ2n) is 4.41. The highest BCUT2D eigenvalue weighted by atomic mass is 16.1. The van der Waals surface area contributed by atoms with Gasteiger partial charge in [0, 0.05) is 16.6 Å². The highest BCUT2D eigenvalue weighted by Gasteiger charge is 2.05. The third-order valence-corrected chi connectivity index (χ3v) is 3.19. The van der Waals surface area contributed by atoms with Crippen molar-refractivity contribution in [2.45, 2.75) is 6.92 Å². The summed E-state index contributed by atoms with van der Waals surface area (Å²) in [5.74, 6) is 0. The Morgan fingerprint density at radius 2 is 1.67 bits per heavy atom. The fourth-order valence-electron chi connectivity index (χ4n) is 2.23. The van der Waals surface area contributed by atoms with Crippen LogP contribution in [0.1, 0.15) is 5.56 Å². The van der Waals surface area contributed by atoms with Crippen LogP contribution >= 0.6 is 0 Å². The fraction of sp³-hybridized carbons (Fsp3) is 0.0625. The van der Waals surface area contributed by atoms with E-state index in [1.165, 1.54) is 0 Å². The second-order valence-corrected chi connectivity index (χ2v) is 4.41. The minimum Gasteiger partial charge on any atom is -0.321 e. The molecule has 0 spiro atoms. The Hall–Kier alpha value is -2.35. The first-order valence-corrected chi connectivity index (χ1v) is 5.94. The van der Waals surface area contributed by atoms with Crippen molar-refractivity contribution >= 4 is 10.8 Å². The van der Waals surface area contributed by atoms with Gasteiger partial charge in [0.05, 0.1) is 0 Å². The fourth-order valence-corrected chi connectivity index (χ4v) is 2.23. The molecule has 0 radical (unpaired) electrons. The van der Waals surface area contributed by atoms with Crippen molar-refractivity contribution in [3.05, 3.63) is 70.5 Å². The van der Waals surface area contributed by atoms with Gasteiger partial charge in [0.1, 0.15) is 0 Å². The average molecular weight is 235 g/mol. The van der Waals surface area contributed by atoms with Crippen molar-refractivity contribution in [1.82, 2.24) is 4.98 Å². The number of hydrogen-bond donors (Lipinski definition) is 1. The number of H-pyrrole nitrogens is 1. The Kier molecular flexibility index (Phi) is 2.49. The zero-order valence-corrected chi connectivity index (χ0v) is 10.1. The molecule has 2 nitrogen and oxygen atoms in total. The van der Waals surface area contributed by atoms with Crippen LogP contribution in [0.25, 0.3) is 22.0 Å². The molecule has 0 aliphatic rings. The molecule has 0 bridgehead atoms. The zero-order chi connectivity index (χ0) is 12.5. The number of aryl methyl sites for hydroxylation is 1. The van der Waals surface area contributed by atoms with Crippen molar-refractivity contribution in [2.75, 3.05) is 0 Å². The summed E-state index contributed by atoms with van der Waals surface area (Å²) in [6, 6.07) is 17.7. The topological polar surface area (TPSA) is 32.9 Å². The first-order chi connectivity index (χ1) is 8.75. The van der Waals surface area contributed by atoms with Crippen molar-refractivity contribution in [3.8, 4) is 11.3 Å². The third-order valence-electron chi connectivity index (χ3n) is 3.19. The van der Waals surface area contributed by atoms with E-state index in [-0.39, 0.29) is 5.56 Å². The maximum atomic E-state index is 12.0. The number of rotatable bonds is 1. The van der Waals surface area contributed by atoms with Gasteiger partial charge in [-0.2, -0.15) is 0 Å². The minimum atomic E-state index is -0.0358. The zero-order valence-electron chi connectivity index (χ0n) is 10.1. The molecule has 3 rings (SSSR count). The summed E-state index contributed by atoms with van der Waals surface area (Å²) in [4.78, 5) is 15.0. The van der Waals surface area contributed by atoms with Gasteiger partial charge in [-0.25, -0.2) is 0 Å². The molecule has 0 saturated carbocycles. The van der Waals surface area contributed by atoms with Crippen molar-refractivity contribution in [2.24, 2.45) is 0 Å². The van der Waals surface area contributed by atoms with Crippen LogP contribution in [-0.2, 0) is 0 Å². The van der Waals surface area contributed by atoms with Gasteiger partial charge in [-0.15, -0.1) is 0 Å². The van der Waals surface area contributed by atoms with Gasteiger partial charge in [0.15, 0.2) is 0 Å². The summed E-state index contributed by atoms with van der Waals surface area (Å²) in [6.07, 6.45) is 0. The van der Waals surface area contributed by atoms with Crippen LogP contribution in [0.3, 0.4) is 0 Å². The molecule has 0 unspecified atom stereocenters. The van der Waals surface area contributed by atoms with Crippen LogP contribution in [0.2, 0.25) is 0 Å². The predicted octanol–water partition coefficient (Wildman–Crippen LogP) is 3.50. The van der Waals surface area contributed by atoms with Gasteiger partial charge in [-0.1, -0.05) is 42.5 Å². The maximum absolute atomic E-state index is 12.0. The molecule has 2 heteroatoms. The summed E-state index contributed by atoms with van der Waals surface area (Å²) >= 11 is 0. The molecule has 0 amide bonds. The molecule has 1 N–H and O–H groups in total. The SMILES string of the molecule is Cc1ccccc1-c1cc2ccccc2c(=O)[nH]1. The van der Waals surface area contributed by atoms with E-state index in [4.69, 9.17) is 0 Å². The molecule has 0 saturated heterocycles. The Morgan fingerprint density at radius 1 is 0.944 bits per heavy atom. The Morgan fingerprint density at radius 3 is 2.50 bits per heavy atom. The first kappa shape index (κ1) is 10.8. The number of hydrogen-bond acceptors (Lipinski definition) is 1.